The molecule has 1 aliphatic rings. The van der Waals surface area contributed by atoms with Crippen LogP contribution in [0.15, 0.2) is 60.8 Å². The molecule has 3 heterocycles. The molecule has 1 aliphatic heterocycles. The fourth-order valence-electron chi connectivity index (χ4n) is 4.32. The van der Waals surface area contributed by atoms with Crippen molar-refractivity contribution in [3.8, 4) is 17.0 Å². The van der Waals surface area contributed by atoms with E-state index in [-0.39, 0.29) is 11.8 Å². The zero-order valence-electron chi connectivity index (χ0n) is 18.8. The number of methoxy groups -OCH3 is 1. The smallest absolute Gasteiger partial charge is 0.227 e. The molecule has 0 spiro atoms. The van der Waals surface area contributed by atoms with Gasteiger partial charge in [-0.25, -0.2) is 9.50 Å². The molecule has 0 radical (unpaired) electrons. The molecule has 5 rings (SSSR count). The highest BCUT2D eigenvalue weighted by Gasteiger charge is 2.29. The molecule has 1 saturated heterocycles. The van der Waals surface area contributed by atoms with Gasteiger partial charge in [0.25, 0.3) is 0 Å². The standard InChI is InChI=1S/C25H27N5O2S/c1-28(15-18-7-4-3-5-8-18)23(31)20-9-6-14-29(16-20)25-27-30-17-22(26-24(30)33-25)19-10-12-21(32-2)13-11-19/h3-5,7-8,10-13,17,20H,6,9,14-16H2,1-2H3/t20-/m1/s1. The lowest BCUT2D eigenvalue weighted by atomic mass is 9.97. The average molecular weight is 462 g/mol. The molecule has 33 heavy (non-hydrogen) atoms. The first-order valence-corrected chi connectivity index (χ1v) is 12.0. The molecule has 1 fully saturated rings. The molecule has 0 bridgehead atoms. The summed E-state index contributed by atoms with van der Waals surface area (Å²) in [6, 6.07) is 18.0. The number of amides is 1. The number of aromatic nitrogens is 3. The van der Waals surface area contributed by atoms with Gasteiger partial charge >= 0.3 is 0 Å². The maximum atomic E-state index is 13.1. The van der Waals surface area contributed by atoms with Crippen molar-refractivity contribution < 1.29 is 9.53 Å². The predicted octanol–water partition coefficient (Wildman–Crippen LogP) is 4.34. The van der Waals surface area contributed by atoms with E-state index in [1.807, 2.05) is 65.1 Å². The Morgan fingerprint density at radius 1 is 1.18 bits per heavy atom. The van der Waals surface area contributed by atoms with E-state index in [0.717, 1.165) is 52.0 Å². The second-order valence-corrected chi connectivity index (χ2v) is 9.37. The van der Waals surface area contributed by atoms with Crippen LogP contribution in [0.4, 0.5) is 5.13 Å². The summed E-state index contributed by atoms with van der Waals surface area (Å²) in [7, 11) is 3.56. The number of anilines is 1. The number of ether oxygens (including phenoxy) is 1. The normalized spacial score (nSPS) is 16.2. The second-order valence-electron chi connectivity index (χ2n) is 8.43. The lowest BCUT2D eigenvalue weighted by Gasteiger charge is -2.33. The van der Waals surface area contributed by atoms with Crippen LogP contribution in [0.2, 0.25) is 0 Å². The first-order valence-electron chi connectivity index (χ1n) is 11.1. The van der Waals surface area contributed by atoms with Crippen molar-refractivity contribution in [2.75, 3.05) is 32.1 Å². The Morgan fingerprint density at radius 2 is 1.97 bits per heavy atom. The van der Waals surface area contributed by atoms with Gasteiger partial charge in [0.05, 0.1) is 24.9 Å². The number of benzene rings is 2. The molecule has 0 N–H and O–H groups in total. The fourth-order valence-corrected chi connectivity index (χ4v) is 5.24. The van der Waals surface area contributed by atoms with E-state index in [2.05, 4.69) is 17.0 Å². The van der Waals surface area contributed by atoms with Crippen LogP contribution < -0.4 is 9.64 Å². The molecular weight excluding hydrogens is 434 g/mol. The number of hydrogen-bond donors (Lipinski definition) is 0. The van der Waals surface area contributed by atoms with Gasteiger partial charge in [-0.05, 0) is 42.7 Å². The van der Waals surface area contributed by atoms with E-state index >= 15 is 0 Å². The second kappa shape index (κ2) is 9.23. The molecule has 170 valence electrons. The molecule has 4 aromatic rings. The predicted molar refractivity (Wildman–Crippen MR) is 131 cm³/mol. The van der Waals surface area contributed by atoms with Gasteiger partial charge in [-0.3, -0.25) is 4.79 Å². The van der Waals surface area contributed by atoms with E-state index in [0.29, 0.717) is 13.1 Å². The molecule has 0 saturated carbocycles. The summed E-state index contributed by atoms with van der Waals surface area (Å²) in [4.78, 5) is 22.8. The highest BCUT2D eigenvalue weighted by Crippen LogP contribution is 2.30. The molecule has 1 atom stereocenters. The summed E-state index contributed by atoms with van der Waals surface area (Å²) in [5.74, 6) is 1.01. The van der Waals surface area contributed by atoms with Crippen molar-refractivity contribution in [2.45, 2.75) is 19.4 Å². The van der Waals surface area contributed by atoms with Crippen LogP contribution in [0.1, 0.15) is 18.4 Å². The Labute approximate surface area is 197 Å². The van der Waals surface area contributed by atoms with Crippen LogP contribution in [0.5, 0.6) is 5.75 Å². The van der Waals surface area contributed by atoms with E-state index in [1.54, 1.807) is 18.4 Å². The summed E-state index contributed by atoms with van der Waals surface area (Å²) in [5.41, 5.74) is 3.06. The van der Waals surface area contributed by atoms with Gasteiger partial charge in [-0.15, -0.1) is 5.10 Å². The Bertz CT molecular complexity index is 1200. The van der Waals surface area contributed by atoms with Gasteiger partial charge in [-0.1, -0.05) is 41.7 Å². The van der Waals surface area contributed by atoms with Crippen molar-refractivity contribution in [2.24, 2.45) is 5.92 Å². The van der Waals surface area contributed by atoms with Crippen molar-refractivity contribution in [1.29, 1.82) is 0 Å². The average Bonchev–Trinajstić information content (AvgIpc) is 3.44. The number of piperidine rings is 1. The maximum Gasteiger partial charge on any atom is 0.227 e. The van der Waals surface area contributed by atoms with Crippen molar-refractivity contribution in [3.05, 3.63) is 66.4 Å². The SMILES string of the molecule is COc1ccc(-c2cn3nc(N4CCC[C@@H](C(=O)N(C)Cc5ccccc5)C4)sc3n2)cc1. The minimum absolute atomic E-state index is 0.0152. The Morgan fingerprint density at radius 3 is 2.70 bits per heavy atom. The van der Waals surface area contributed by atoms with Crippen molar-refractivity contribution in [1.82, 2.24) is 19.5 Å². The molecular formula is C25H27N5O2S. The van der Waals surface area contributed by atoms with E-state index in [9.17, 15) is 4.79 Å². The van der Waals surface area contributed by atoms with E-state index in [4.69, 9.17) is 14.8 Å². The third-order valence-electron chi connectivity index (χ3n) is 6.10. The summed E-state index contributed by atoms with van der Waals surface area (Å²) in [5, 5.41) is 5.69. The minimum Gasteiger partial charge on any atom is -0.497 e. The molecule has 0 unspecified atom stereocenters. The van der Waals surface area contributed by atoms with Crippen molar-refractivity contribution in [3.63, 3.8) is 0 Å². The first kappa shape index (κ1) is 21.5. The summed E-state index contributed by atoms with van der Waals surface area (Å²) in [6.45, 7) is 2.24. The fraction of sp³-hybridized carbons (Fsp3) is 0.320. The van der Waals surface area contributed by atoms with Crippen LogP contribution in [0.25, 0.3) is 16.2 Å². The lowest BCUT2D eigenvalue weighted by Crippen LogP contribution is -2.43. The van der Waals surface area contributed by atoms with Crippen LogP contribution in [-0.2, 0) is 11.3 Å². The summed E-state index contributed by atoms with van der Waals surface area (Å²) >= 11 is 1.57. The van der Waals surface area contributed by atoms with Crippen LogP contribution in [0.3, 0.4) is 0 Å². The molecule has 2 aromatic heterocycles. The summed E-state index contributed by atoms with van der Waals surface area (Å²) in [6.07, 6.45) is 3.85. The molecule has 0 aliphatic carbocycles. The van der Waals surface area contributed by atoms with Gasteiger partial charge in [0.15, 0.2) is 0 Å². The Hall–Kier alpha value is -3.39. The Balaban J connectivity index is 1.27. The topological polar surface area (TPSA) is 63.0 Å². The summed E-state index contributed by atoms with van der Waals surface area (Å²) < 4.78 is 7.07. The van der Waals surface area contributed by atoms with Crippen LogP contribution in [0, 0.1) is 5.92 Å². The third-order valence-corrected chi connectivity index (χ3v) is 7.08. The van der Waals surface area contributed by atoms with Gasteiger partial charge in [0.2, 0.25) is 16.0 Å². The number of nitrogens with zero attached hydrogens (tertiary/aromatic N) is 5. The number of carbonyl (C=O) groups excluding carboxylic acids is 1. The number of imidazole rings is 1. The molecule has 1 amide bonds. The Kier molecular flexibility index (Phi) is 6.00. The van der Waals surface area contributed by atoms with Gasteiger partial charge in [0.1, 0.15) is 5.75 Å². The quantitative estimate of drug-likeness (QED) is 0.427. The number of carbonyl (C=O) groups is 1. The molecule has 8 heteroatoms. The number of fused-ring (bicyclic) bond motifs is 1. The third kappa shape index (κ3) is 4.57. The maximum absolute atomic E-state index is 13.1. The van der Waals surface area contributed by atoms with Crippen LogP contribution >= 0.6 is 11.3 Å². The molecule has 2 aromatic carbocycles. The highest BCUT2D eigenvalue weighted by atomic mass is 32.1. The number of rotatable bonds is 6. The van der Waals surface area contributed by atoms with Gasteiger partial charge in [-0.2, -0.15) is 0 Å². The zero-order valence-corrected chi connectivity index (χ0v) is 19.7. The monoisotopic (exact) mass is 461 g/mol. The highest BCUT2D eigenvalue weighted by molar-refractivity contribution is 7.20. The van der Waals surface area contributed by atoms with Crippen molar-refractivity contribution >= 4 is 27.3 Å². The van der Waals surface area contributed by atoms with Gasteiger partial charge < -0.3 is 14.5 Å². The van der Waals surface area contributed by atoms with E-state index in [1.165, 1.54) is 0 Å². The van der Waals surface area contributed by atoms with E-state index < -0.39 is 0 Å². The minimum atomic E-state index is -0.0152. The zero-order chi connectivity index (χ0) is 22.8. The lowest BCUT2D eigenvalue weighted by molar-refractivity contribution is -0.135. The first-order chi connectivity index (χ1) is 16.1. The number of hydrogen-bond acceptors (Lipinski definition) is 6. The van der Waals surface area contributed by atoms with Gasteiger partial charge in [0, 0.05) is 32.2 Å². The molecule has 7 nitrogen and oxygen atoms in total. The van der Waals surface area contributed by atoms with Crippen LogP contribution in [-0.4, -0.2) is 52.7 Å². The largest absolute Gasteiger partial charge is 0.497 e.